The van der Waals surface area contributed by atoms with E-state index in [1.54, 1.807) is 12.1 Å². The molecule has 0 aliphatic rings. The van der Waals surface area contributed by atoms with Gasteiger partial charge in [0.1, 0.15) is 0 Å². The Morgan fingerprint density at radius 1 is 1.00 bits per heavy atom. The molecule has 26 heavy (non-hydrogen) atoms. The van der Waals surface area contributed by atoms with Gasteiger partial charge in [0.05, 0.1) is 4.90 Å². The number of hydrogen-bond acceptors (Lipinski definition) is 3. The number of amides is 1. The molecule has 0 aliphatic heterocycles. The SMILES string of the molecule is CCCCNC(=O)c1ccc(S(=O)(=O)Nc2ccc(C(C)C)cc2)cc1. The molecule has 0 saturated heterocycles. The van der Waals surface area contributed by atoms with Gasteiger partial charge in [0, 0.05) is 17.8 Å². The predicted octanol–water partition coefficient (Wildman–Crippen LogP) is 4.14. The molecule has 6 heteroatoms. The first kappa shape index (κ1) is 20.0. The maximum absolute atomic E-state index is 12.5. The largest absolute Gasteiger partial charge is 0.352 e. The highest BCUT2D eigenvalue weighted by Gasteiger charge is 2.15. The lowest BCUT2D eigenvalue weighted by Crippen LogP contribution is -2.24. The molecule has 1 amide bonds. The molecule has 0 saturated carbocycles. The first-order chi connectivity index (χ1) is 12.3. The second kappa shape index (κ2) is 8.85. The Morgan fingerprint density at radius 2 is 1.62 bits per heavy atom. The Morgan fingerprint density at radius 3 is 2.15 bits per heavy atom. The zero-order valence-corrected chi connectivity index (χ0v) is 16.3. The number of nitrogens with one attached hydrogen (secondary N) is 2. The fourth-order valence-corrected chi connectivity index (χ4v) is 3.47. The number of sulfonamides is 1. The van der Waals surface area contributed by atoms with Gasteiger partial charge in [-0.3, -0.25) is 9.52 Å². The Labute approximate surface area is 155 Å². The number of anilines is 1. The Kier molecular flexibility index (Phi) is 6.80. The van der Waals surface area contributed by atoms with E-state index in [0.29, 0.717) is 23.7 Å². The first-order valence-electron chi connectivity index (χ1n) is 8.84. The smallest absolute Gasteiger partial charge is 0.261 e. The summed E-state index contributed by atoms with van der Waals surface area (Å²) in [7, 11) is -3.69. The molecule has 0 atom stereocenters. The van der Waals surface area contributed by atoms with Crippen molar-refractivity contribution in [3.63, 3.8) is 0 Å². The summed E-state index contributed by atoms with van der Waals surface area (Å²) in [5.41, 5.74) is 2.10. The van der Waals surface area contributed by atoms with E-state index in [4.69, 9.17) is 0 Å². The summed E-state index contributed by atoms with van der Waals surface area (Å²) in [6.07, 6.45) is 1.92. The number of rotatable bonds is 8. The van der Waals surface area contributed by atoms with Crippen molar-refractivity contribution in [2.75, 3.05) is 11.3 Å². The topological polar surface area (TPSA) is 75.3 Å². The summed E-state index contributed by atoms with van der Waals surface area (Å²) in [6, 6.07) is 13.3. The quantitative estimate of drug-likeness (QED) is 0.682. The van der Waals surface area contributed by atoms with E-state index >= 15 is 0 Å². The van der Waals surface area contributed by atoms with E-state index in [-0.39, 0.29) is 10.8 Å². The molecular formula is C20H26N2O3S. The minimum Gasteiger partial charge on any atom is -0.352 e. The summed E-state index contributed by atoms with van der Waals surface area (Å²) in [5, 5.41) is 2.81. The molecule has 0 heterocycles. The maximum Gasteiger partial charge on any atom is 0.261 e. The van der Waals surface area contributed by atoms with Gasteiger partial charge in [-0.15, -0.1) is 0 Å². The number of unbranched alkanes of at least 4 members (excludes halogenated alkanes) is 1. The standard InChI is InChI=1S/C20H26N2O3S/c1-4-5-14-21-20(23)17-8-12-19(13-9-17)26(24,25)22-18-10-6-16(7-11-18)15(2)3/h6-13,15,22H,4-5,14H2,1-3H3,(H,21,23). The van der Waals surface area contributed by atoms with E-state index in [9.17, 15) is 13.2 Å². The fraction of sp³-hybridized carbons (Fsp3) is 0.350. The molecule has 0 aliphatic carbocycles. The van der Waals surface area contributed by atoms with Gasteiger partial charge in [-0.1, -0.05) is 39.3 Å². The van der Waals surface area contributed by atoms with Crippen LogP contribution in [0.3, 0.4) is 0 Å². The Hall–Kier alpha value is -2.34. The van der Waals surface area contributed by atoms with Crippen molar-refractivity contribution in [3.8, 4) is 0 Å². The van der Waals surface area contributed by atoms with Gasteiger partial charge in [0.2, 0.25) is 0 Å². The second-order valence-corrected chi connectivity index (χ2v) is 8.20. The van der Waals surface area contributed by atoms with Crippen LogP contribution in [0, 0.1) is 0 Å². The monoisotopic (exact) mass is 374 g/mol. The lowest BCUT2D eigenvalue weighted by molar-refractivity contribution is 0.0953. The van der Waals surface area contributed by atoms with Crippen molar-refractivity contribution < 1.29 is 13.2 Å². The van der Waals surface area contributed by atoms with Crippen LogP contribution in [0.1, 0.15) is 55.5 Å². The third kappa shape index (κ3) is 5.33. The molecule has 0 fully saturated rings. The van der Waals surface area contributed by atoms with E-state index in [1.165, 1.54) is 24.3 Å². The highest BCUT2D eigenvalue weighted by Crippen LogP contribution is 2.20. The van der Waals surface area contributed by atoms with E-state index < -0.39 is 10.0 Å². The van der Waals surface area contributed by atoms with Crippen molar-refractivity contribution in [2.45, 2.75) is 44.4 Å². The van der Waals surface area contributed by atoms with Crippen LogP contribution < -0.4 is 10.0 Å². The molecule has 2 rings (SSSR count). The van der Waals surface area contributed by atoms with Gasteiger partial charge in [0.25, 0.3) is 15.9 Å². The molecule has 0 unspecified atom stereocenters. The highest BCUT2D eigenvalue weighted by atomic mass is 32.2. The van der Waals surface area contributed by atoms with Crippen LogP contribution in [0.5, 0.6) is 0 Å². The van der Waals surface area contributed by atoms with Crippen LogP contribution in [0.2, 0.25) is 0 Å². The van der Waals surface area contributed by atoms with Crippen LogP contribution in [0.4, 0.5) is 5.69 Å². The van der Waals surface area contributed by atoms with Gasteiger partial charge < -0.3 is 5.32 Å². The third-order valence-corrected chi connectivity index (χ3v) is 5.47. The van der Waals surface area contributed by atoms with Gasteiger partial charge >= 0.3 is 0 Å². The zero-order valence-electron chi connectivity index (χ0n) is 15.5. The summed E-state index contributed by atoms with van der Waals surface area (Å²) in [6.45, 7) is 6.83. The van der Waals surface area contributed by atoms with Crippen molar-refractivity contribution >= 4 is 21.6 Å². The summed E-state index contributed by atoms with van der Waals surface area (Å²) >= 11 is 0. The van der Waals surface area contributed by atoms with Gasteiger partial charge in [-0.05, 0) is 54.3 Å². The predicted molar refractivity (Wildman–Crippen MR) is 105 cm³/mol. The number of benzene rings is 2. The molecular weight excluding hydrogens is 348 g/mol. The number of carbonyl (C=O) groups is 1. The van der Waals surface area contributed by atoms with Crippen LogP contribution in [-0.4, -0.2) is 20.9 Å². The van der Waals surface area contributed by atoms with E-state index in [2.05, 4.69) is 30.8 Å². The van der Waals surface area contributed by atoms with E-state index in [0.717, 1.165) is 18.4 Å². The average molecular weight is 375 g/mol. The normalized spacial score (nSPS) is 11.4. The average Bonchev–Trinajstić information content (AvgIpc) is 2.62. The van der Waals surface area contributed by atoms with Crippen LogP contribution in [-0.2, 0) is 10.0 Å². The lowest BCUT2D eigenvalue weighted by Gasteiger charge is -2.11. The van der Waals surface area contributed by atoms with Gasteiger partial charge in [0.15, 0.2) is 0 Å². The molecule has 2 aromatic rings. The molecule has 0 aromatic heterocycles. The molecule has 5 nitrogen and oxygen atoms in total. The minimum absolute atomic E-state index is 0.121. The zero-order chi connectivity index (χ0) is 19.2. The molecule has 140 valence electrons. The van der Waals surface area contributed by atoms with E-state index in [1.807, 2.05) is 12.1 Å². The summed E-state index contributed by atoms with van der Waals surface area (Å²) in [5.74, 6) is 0.191. The highest BCUT2D eigenvalue weighted by molar-refractivity contribution is 7.92. The fourth-order valence-electron chi connectivity index (χ4n) is 2.42. The van der Waals surface area contributed by atoms with Crippen molar-refractivity contribution in [1.82, 2.24) is 5.32 Å². The Balaban J connectivity index is 2.07. The molecule has 0 radical (unpaired) electrons. The summed E-state index contributed by atoms with van der Waals surface area (Å²) < 4.78 is 27.6. The Bertz CT molecular complexity index is 826. The number of carbonyl (C=O) groups excluding carboxylic acids is 1. The van der Waals surface area contributed by atoms with Gasteiger partial charge in [-0.25, -0.2) is 8.42 Å². The van der Waals surface area contributed by atoms with Crippen molar-refractivity contribution in [1.29, 1.82) is 0 Å². The van der Waals surface area contributed by atoms with Crippen molar-refractivity contribution in [3.05, 3.63) is 59.7 Å². The van der Waals surface area contributed by atoms with Gasteiger partial charge in [-0.2, -0.15) is 0 Å². The van der Waals surface area contributed by atoms with Crippen LogP contribution in [0.15, 0.2) is 53.4 Å². The first-order valence-corrected chi connectivity index (χ1v) is 10.3. The molecule has 0 bridgehead atoms. The molecule has 0 spiro atoms. The molecule has 2 aromatic carbocycles. The third-order valence-electron chi connectivity index (χ3n) is 4.07. The maximum atomic E-state index is 12.5. The minimum atomic E-state index is -3.69. The number of hydrogen-bond donors (Lipinski definition) is 2. The van der Waals surface area contributed by atoms with Crippen LogP contribution >= 0.6 is 0 Å². The van der Waals surface area contributed by atoms with Crippen LogP contribution in [0.25, 0.3) is 0 Å². The lowest BCUT2D eigenvalue weighted by atomic mass is 10.0. The second-order valence-electron chi connectivity index (χ2n) is 6.52. The van der Waals surface area contributed by atoms with Crippen molar-refractivity contribution in [2.24, 2.45) is 0 Å². The summed E-state index contributed by atoms with van der Waals surface area (Å²) in [4.78, 5) is 12.1. The molecule has 2 N–H and O–H groups in total.